The number of rotatable bonds is 1. The molecule has 56 valence electrons. The van der Waals surface area contributed by atoms with Crippen LogP contribution in [0.1, 0.15) is 10.4 Å². The van der Waals surface area contributed by atoms with Crippen molar-refractivity contribution in [3.8, 4) is 11.8 Å². The molecule has 0 aliphatic carbocycles. The third kappa shape index (κ3) is 2.19. The molecule has 0 saturated heterocycles. The van der Waals surface area contributed by atoms with Crippen molar-refractivity contribution in [1.29, 1.82) is 0 Å². The van der Waals surface area contributed by atoms with Crippen molar-refractivity contribution in [2.75, 3.05) is 0 Å². The molecule has 0 unspecified atom stereocenters. The summed E-state index contributed by atoms with van der Waals surface area (Å²) in [6.07, 6.45) is 0.552. The van der Waals surface area contributed by atoms with E-state index in [0.29, 0.717) is 6.29 Å². The molecule has 0 fully saturated rings. The highest BCUT2D eigenvalue weighted by atomic mass is 32.1. The van der Waals surface area contributed by atoms with Crippen LogP contribution in [0, 0.1) is 11.8 Å². The highest BCUT2D eigenvalue weighted by molar-refractivity contribution is 7.10. The monoisotopic (exact) mass is 166 g/mol. The number of aldehydes is 1. The number of carbonyl (C=O) groups is 1. The predicted octanol–water partition coefficient (Wildman–Crippen LogP) is 0.791. The van der Waals surface area contributed by atoms with Gasteiger partial charge in [-0.25, -0.2) is 0 Å². The molecule has 0 aliphatic heterocycles. The van der Waals surface area contributed by atoms with Crippen LogP contribution >= 0.6 is 11.3 Å². The van der Waals surface area contributed by atoms with Crippen LogP contribution in [0.2, 0.25) is 0 Å². The molecule has 2 nitrogen and oxygen atoms in total. The van der Waals surface area contributed by atoms with E-state index < -0.39 is 0 Å². The first-order chi connectivity index (χ1) is 5.36. The van der Waals surface area contributed by atoms with Gasteiger partial charge >= 0.3 is 0 Å². The van der Waals surface area contributed by atoms with Gasteiger partial charge < -0.3 is 5.11 Å². The molecule has 0 atom stereocenters. The van der Waals surface area contributed by atoms with Gasteiger partial charge in [0.1, 0.15) is 0 Å². The van der Waals surface area contributed by atoms with E-state index in [1.165, 1.54) is 11.3 Å². The second kappa shape index (κ2) is 3.91. The van der Waals surface area contributed by atoms with Gasteiger partial charge in [0.2, 0.25) is 0 Å². The number of hydrogen-bond donors (Lipinski definition) is 1. The molecule has 0 spiro atoms. The molecular formula is C8H6O2S. The van der Waals surface area contributed by atoms with Crippen LogP contribution in [0.5, 0.6) is 0 Å². The van der Waals surface area contributed by atoms with Crippen LogP contribution in [-0.2, 0) is 11.4 Å². The molecule has 1 aromatic rings. The Kier molecular flexibility index (Phi) is 2.84. The maximum Gasteiger partial charge on any atom is 0.193 e. The van der Waals surface area contributed by atoms with Gasteiger partial charge in [0.15, 0.2) is 6.29 Å². The van der Waals surface area contributed by atoms with E-state index in [9.17, 15) is 4.79 Å². The summed E-state index contributed by atoms with van der Waals surface area (Å²) >= 11 is 1.43. The van der Waals surface area contributed by atoms with E-state index in [1.807, 2.05) is 5.38 Å². The zero-order valence-electron chi connectivity index (χ0n) is 5.70. The Morgan fingerprint density at radius 1 is 1.73 bits per heavy atom. The summed E-state index contributed by atoms with van der Waals surface area (Å²) < 4.78 is 0. The molecule has 1 aromatic heterocycles. The van der Waals surface area contributed by atoms with Crippen LogP contribution in [0.15, 0.2) is 11.4 Å². The summed E-state index contributed by atoms with van der Waals surface area (Å²) in [7, 11) is 0. The summed E-state index contributed by atoms with van der Waals surface area (Å²) in [6.45, 7) is 0.0352. The van der Waals surface area contributed by atoms with E-state index in [-0.39, 0.29) is 6.61 Å². The fourth-order valence-corrected chi connectivity index (χ4v) is 1.32. The minimum Gasteiger partial charge on any atom is -0.391 e. The number of thiophene rings is 1. The van der Waals surface area contributed by atoms with Crippen LogP contribution < -0.4 is 0 Å². The Morgan fingerprint density at radius 3 is 3.09 bits per heavy atom. The quantitative estimate of drug-likeness (QED) is 0.494. The Morgan fingerprint density at radius 2 is 2.55 bits per heavy atom. The molecule has 1 heterocycles. The summed E-state index contributed by atoms with van der Waals surface area (Å²) in [6, 6.07) is 1.77. The topological polar surface area (TPSA) is 37.3 Å². The van der Waals surface area contributed by atoms with Gasteiger partial charge in [-0.1, -0.05) is 5.92 Å². The number of hydrogen-bond acceptors (Lipinski definition) is 3. The van der Waals surface area contributed by atoms with E-state index in [1.54, 1.807) is 6.07 Å². The van der Waals surface area contributed by atoms with Gasteiger partial charge in [0.25, 0.3) is 0 Å². The fourth-order valence-electron chi connectivity index (χ4n) is 0.642. The highest BCUT2D eigenvalue weighted by Gasteiger charge is 1.93. The second-order valence-corrected chi connectivity index (χ2v) is 2.84. The van der Waals surface area contributed by atoms with Crippen LogP contribution in [0.25, 0.3) is 0 Å². The van der Waals surface area contributed by atoms with Gasteiger partial charge in [-0.15, -0.1) is 11.3 Å². The molecule has 0 saturated carbocycles. The lowest BCUT2D eigenvalue weighted by molar-refractivity contribution is -0.103. The molecule has 0 amide bonds. The minimum atomic E-state index is 0.0352. The molecule has 0 aromatic carbocycles. The first-order valence-corrected chi connectivity index (χ1v) is 3.88. The molecule has 1 rings (SSSR count). The number of aliphatic hydroxyl groups excluding tert-OH is 1. The molecule has 0 radical (unpaired) electrons. The third-order valence-electron chi connectivity index (χ3n) is 1.09. The van der Waals surface area contributed by atoms with Crippen molar-refractivity contribution in [3.63, 3.8) is 0 Å². The molecule has 0 aliphatic rings. The van der Waals surface area contributed by atoms with Gasteiger partial charge in [-0.05, 0) is 12.0 Å². The molecule has 1 N–H and O–H groups in total. The lowest BCUT2D eigenvalue weighted by atomic mass is 10.3. The minimum absolute atomic E-state index is 0.0352. The summed E-state index contributed by atoms with van der Waals surface area (Å²) in [5.74, 6) is 4.93. The van der Waals surface area contributed by atoms with Crippen molar-refractivity contribution in [1.82, 2.24) is 0 Å². The summed E-state index contributed by atoms with van der Waals surface area (Å²) in [5.41, 5.74) is 0.783. The molecule has 11 heavy (non-hydrogen) atoms. The maximum atomic E-state index is 9.83. The van der Waals surface area contributed by atoms with Gasteiger partial charge in [0.05, 0.1) is 6.61 Å². The molecule has 0 bridgehead atoms. The predicted molar refractivity (Wildman–Crippen MR) is 43.2 cm³/mol. The van der Waals surface area contributed by atoms with Gasteiger partial charge in [-0.2, -0.15) is 0 Å². The average Bonchev–Trinajstić information content (AvgIpc) is 2.48. The summed E-state index contributed by atoms with van der Waals surface area (Å²) in [5, 5.41) is 10.5. The lowest BCUT2D eigenvalue weighted by Gasteiger charge is -1.80. The Balaban J connectivity index is 2.80. The Bertz CT molecular complexity index is 303. The molecular weight excluding hydrogens is 160 g/mol. The van der Waals surface area contributed by atoms with E-state index >= 15 is 0 Å². The lowest BCUT2D eigenvalue weighted by Crippen LogP contribution is -1.72. The SMILES string of the molecule is O=CC#Cc1csc(CO)c1. The zero-order valence-corrected chi connectivity index (χ0v) is 6.52. The van der Waals surface area contributed by atoms with Crippen molar-refractivity contribution >= 4 is 17.6 Å². The van der Waals surface area contributed by atoms with Gasteiger partial charge in [0, 0.05) is 15.8 Å². The number of aliphatic hydroxyl groups is 1. The van der Waals surface area contributed by atoms with Crippen LogP contribution in [0.4, 0.5) is 0 Å². The fraction of sp³-hybridized carbons (Fsp3) is 0.125. The first-order valence-electron chi connectivity index (χ1n) is 3.00. The van der Waals surface area contributed by atoms with E-state index in [2.05, 4.69) is 11.8 Å². The van der Waals surface area contributed by atoms with Crippen LogP contribution in [0.3, 0.4) is 0 Å². The van der Waals surface area contributed by atoms with Gasteiger partial charge in [-0.3, -0.25) is 4.79 Å². The second-order valence-electron chi connectivity index (χ2n) is 1.85. The van der Waals surface area contributed by atoms with Crippen molar-refractivity contribution in [2.45, 2.75) is 6.61 Å². The first kappa shape index (κ1) is 7.99. The van der Waals surface area contributed by atoms with E-state index in [4.69, 9.17) is 5.11 Å². The number of carbonyl (C=O) groups excluding carboxylic acids is 1. The van der Waals surface area contributed by atoms with E-state index in [0.717, 1.165) is 10.4 Å². The average molecular weight is 166 g/mol. The highest BCUT2D eigenvalue weighted by Crippen LogP contribution is 2.12. The van der Waals surface area contributed by atoms with Crippen molar-refractivity contribution in [3.05, 3.63) is 21.9 Å². The normalized spacial score (nSPS) is 8.45. The van der Waals surface area contributed by atoms with Crippen molar-refractivity contribution in [2.24, 2.45) is 0 Å². The van der Waals surface area contributed by atoms with Crippen molar-refractivity contribution < 1.29 is 9.90 Å². The molecule has 3 heteroatoms. The Labute approximate surface area is 68.5 Å². The Hall–Kier alpha value is -1.11. The smallest absolute Gasteiger partial charge is 0.193 e. The van der Waals surface area contributed by atoms with Crippen LogP contribution in [-0.4, -0.2) is 11.4 Å². The third-order valence-corrected chi connectivity index (χ3v) is 2.01. The summed E-state index contributed by atoms with van der Waals surface area (Å²) in [4.78, 5) is 10.7. The zero-order chi connectivity index (χ0) is 8.10. The maximum absolute atomic E-state index is 9.83. The largest absolute Gasteiger partial charge is 0.391 e. The standard InChI is InChI=1S/C8H6O2S/c9-3-1-2-7-4-8(5-10)11-6-7/h3-4,6,10H,5H2.